The Labute approximate surface area is 72.7 Å². The lowest BCUT2D eigenvalue weighted by Crippen LogP contribution is -2.40. The molecule has 1 saturated heterocycles. The quantitative estimate of drug-likeness (QED) is 0.537. The van der Waals surface area contributed by atoms with Crippen LogP contribution in [0.5, 0.6) is 0 Å². The van der Waals surface area contributed by atoms with Gasteiger partial charge in [-0.05, 0) is 0 Å². The van der Waals surface area contributed by atoms with Crippen molar-refractivity contribution in [3.8, 4) is 0 Å². The van der Waals surface area contributed by atoms with Crippen LogP contribution in [0.15, 0.2) is 12.7 Å². The third kappa shape index (κ3) is 1.03. The topological polar surface area (TPSA) is 34.0 Å². The van der Waals surface area contributed by atoms with Crippen molar-refractivity contribution in [3.63, 3.8) is 0 Å². The summed E-state index contributed by atoms with van der Waals surface area (Å²) in [6, 6.07) is 0.604. The van der Waals surface area contributed by atoms with E-state index in [-0.39, 0.29) is 0 Å². The van der Waals surface area contributed by atoms with Gasteiger partial charge in [0, 0.05) is 36.0 Å². The maximum Gasteiger partial charge on any atom is 0.119 e. The van der Waals surface area contributed by atoms with Gasteiger partial charge in [-0.15, -0.1) is 10.2 Å². The predicted octanol–water partition coefficient (Wildman–Crippen LogP) is 0.485. The van der Waals surface area contributed by atoms with E-state index in [9.17, 15) is 0 Å². The molecule has 54 valence electrons. The molecular weight excluding hydrogens is 243 g/mol. The summed E-state index contributed by atoms with van der Waals surface area (Å²) in [6.07, 6.45) is 3.54. The Morgan fingerprint density at radius 3 is 2.40 bits per heavy atom. The van der Waals surface area contributed by atoms with E-state index in [1.54, 1.807) is 12.7 Å². The van der Waals surface area contributed by atoms with Crippen LogP contribution in [0.1, 0.15) is 6.04 Å². The van der Waals surface area contributed by atoms with Crippen molar-refractivity contribution in [2.45, 2.75) is 6.04 Å². The second kappa shape index (κ2) is 2.46. The average Bonchev–Trinajstić information content (AvgIpc) is 2.31. The first kappa shape index (κ1) is 6.53. The molecule has 0 unspecified atom stereocenters. The van der Waals surface area contributed by atoms with Gasteiger partial charge in [-0.3, -0.25) is 0 Å². The van der Waals surface area contributed by atoms with Gasteiger partial charge in [-0.2, -0.15) is 0 Å². The van der Waals surface area contributed by atoms with E-state index in [1.807, 2.05) is 0 Å². The second-order valence-corrected chi connectivity index (χ2v) is 3.76. The lowest BCUT2D eigenvalue weighted by molar-refractivity contribution is 0.244. The number of hydrogen-bond donors (Lipinski definition) is 0. The van der Waals surface area contributed by atoms with E-state index in [0.717, 1.165) is 13.1 Å². The third-order valence-corrected chi connectivity index (χ3v) is 2.46. The first-order valence-electron chi connectivity index (χ1n) is 3.11. The third-order valence-electron chi connectivity index (χ3n) is 1.68. The first-order chi connectivity index (χ1) is 4.86. The van der Waals surface area contributed by atoms with E-state index in [0.29, 0.717) is 6.04 Å². The summed E-state index contributed by atoms with van der Waals surface area (Å²) < 4.78 is 4.29. The molecule has 2 rings (SSSR count). The zero-order valence-corrected chi connectivity index (χ0v) is 7.47. The fraction of sp³-hybridized carbons (Fsp3) is 0.600. The van der Waals surface area contributed by atoms with E-state index >= 15 is 0 Å². The summed E-state index contributed by atoms with van der Waals surface area (Å²) in [5.74, 6) is 0. The van der Waals surface area contributed by atoms with Gasteiger partial charge in [0.15, 0.2) is 0 Å². The van der Waals surface area contributed by atoms with Gasteiger partial charge in [-0.25, -0.2) is 3.11 Å². The van der Waals surface area contributed by atoms with Gasteiger partial charge in [0.1, 0.15) is 12.7 Å². The normalized spacial score (nSPS) is 20.9. The highest BCUT2D eigenvalue weighted by Gasteiger charge is 2.25. The smallest absolute Gasteiger partial charge is 0.119 e. The molecule has 0 N–H and O–H groups in total. The molecule has 1 aliphatic rings. The minimum absolute atomic E-state index is 0.604. The first-order valence-corrected chi connectivity index (χ1v) is 4.07. The van der Waals surface area contributed by atoms with Crippen molar-refractivity contribution in [2.75, 3.05) is 13.1 Å². The van der Waals surface area contributed by atoms with Crippen molar-refractivity contribution in [1.82, 2.24) is 17.9 Å². The standard InChI is InChI=1S/C5H7IN4/c6-10-1-5(2-10)9-3-7-8-4-9/h3-5H,1-2H2. The minimum Gasteiger partial charge on any atom is -0.314 e. The molecule has 0 aromatic carbocycles. The zero-order valence-electron chi connectivity index (χ0n) is 5.31. The highest BCUT2D eigenvalue weighted by Crippen LogP contribution is 2.23. The molecule has 0 atom stereocenters. The fourth-order valence-corrected chi connectivity index (χ4v) is 1.90. The average molecular weight is 250 g/mol. The number of halogens is 1. The van der Waals surface area contributed by atoms with Crippen LogP contribution in [0, 0.1) is 0 Å². The van der Waals surface area contributed by atoms with Gasteiger partial charge in [0.25, 0.3) is 0 Å². The van der Waals surface area contributed by atoms with E-state index in [2.05, 4.69) is 40.7 Å². The summed E-state index contributed by atoms with van der Waals surface area (Å²) in [5.41, 5.74) is 0. The van der Waals surface area contributed by atoms with Gasteiger partial charge < -0.3 is 4.57 Å². The largest absolute Gasteiger partial charge is 0.314 e. The number of hydrogen-bond acceptors (Lipinski definition) is 3. The van der Waals surface area contributed by atoms with Crippen LogP contribution in [0.4, 0.5) is 0 Å². The van der Waals surface area contributed by atoms with Crippen LogP contribution in [0.2, 0.25) is 0 Å². The van der Waals surface area contributed by atoms with Crippen molar-refractivity contribution in [1.29, 1.82) is 0 Å². The molecule has 1 aliphatic heterocycles. The lowest BCUT2D eigenvalue weighted by Gasteiger charge is -2.34. The molecule has 1 aromatic heterocycles. The second-order valence-electron chi connectivity index (χ2n) is 2.39. The van der Waals surface area contributed by atoms with E-state index in [4.69, 9.17) is 0 Å². The summed E-state index contributed by atoms with van der Waals surface area (Å²) in [6.45, 7) is 2.22. The Morgan fingerprint density at radius 2 is 1.90 bits per heavy atom. The van der Waals surface area contributed by atoms with Gasteiger partial charge >= 0.3 is 0 Å². The lowest BCUT2D eigenvalue weighted by atomic mass is 10.2. The zero-order chi connectivity index (χ0) is 6.97. The van der Waals surface area contributed by atoms with Crippen LogP contribution in [0.3, 0.4) is 0 Å². The minimum atomic E-state index is 0.604. The number of nitrogens with zero attached hydrogens (tertiary/aromatic N) is 4. The maximum absolute atomic E-state index is 3.74. The summed E-state index contributed by atoms with van der Waals surface area (Å²) in [7, 11) is 0. The van der Waals surface area contributed by atoms with Crippen molar-refractivity contribution in [2.24, 2.45) is 0 Å². The molecule has 0 bridgehead atoms. The van der Waals surface area contributed by atoms with Crippen LogP contribution >= 0.6 is 22.9 Å². The van der Waals surface area contributed by atoms with Gasteiger partial charge in [0.05, 0.1) is 6.04 Å². The highest BCUT2D eigenvalue weighted by atomic mass is 127. The van der Waals surface area contributed by atoms with Crippen molar-refractivity contribution >= 4 is 22.9 Å². The van der Waals surface area contributed by atoms with Crippen molar-refractivity contribution in [3.05, 3.63) is 12.7 Å². The van der Waals surface area contributed by atoms with Crippen LogP contribution in [0.25, 0.3) is 0 Å². The molecule has 1 fully saturated rings. The summed E-state index contributed by atoms with van der Waals surface area (Å²) >= 11 is 2.31. The van der Waals surface area contributed by atoms with Crippen LogP contribution in [-0.2, 0) is 0 Å². The Morgan fingerprint density at radius 1 is 1.30 bits per heavy atom. The molecule has 10 heavy (non-hydrogen) atoms. The number of aromatic nitrogens is 3. The predicted molar refractivity (Wildman–Crippen MR) is 44.7 cm³/mol. The Hall–Kier alpha value is -0.170. The molecular formula is C5H7IN4. The highest BCUT2D eigenvalue weighted by molar-refractivity contribution is 14.1. The van der Waals surface area contributed by atoms with E-state index in [1.165, 1.54) is 0 Å². The van der Waals surface area contributed by atoms with Crippen molar-refractivity contribution < 1.29 is 0 Å². The Kier molecular flexibility index (Phi) is 1.61. The molecule has 1 aromatic rings. The number of rotatable bonds is 1. The monoisotopic (exact) mass is 250 g/mol. The molecule has 0 spiro atoms. The van der Waals surface area contributed by atoms with Gasteiger partial charge in [0.2, 0.25) is 0 Å². The molecule has 0 amide bonds. The molecule has 0 saturated carbocycles. The fourth-order valence-electron chi connectivity index (χ4n) is 0.990. The summed E-state index contributed by atoms with van der Waals surface area (Å²) in [5, 5.41) is 7.48. The SMILES string of the molecule is IN1CC(n2cnnc2)C1. The molecule has 2 heterocycles. The molecule has 0 radical (unpaired) electrons. The maximum atomic E-state index is 3.74. The molecule has 4 nitrogen and oxygen atoms in total. The Balaban J connectivity index is 2.04. The Bertz CT molecular complexity index is 203. The van der Waals surface area contributed by atoms with Crippen LogP contribution in [-0.4, -0.2) is 31.0 Å². The molecule has 0 aliphatic carbocycles. The van der Waals surface area contributed by atoms with E-state index < -0.39 is 0 Å². The summed E-state index contributed by atoms with van der Waals surface area (Å²) in [4.78, 5) is 0. The van der Waals surface area contributed by atoms with Crippen LogP contribution < -0.4 is 0 Å². The molecule has 5 heteroatoms. The van der Waals surface area contributed by atoms with Gasteiger partial charge in [-0.1, -0.05) is 0 Å².